The maximum Gasteiger partial charge on any atom is 0.214 e. The molecule has 23 heavy (non-hydrogen) atoms. The van der Waals surface area contributed by atoms with E-state index in [0.29, 0.717) is 0 Å². The first kappa shape index (κ1) is 14.6. The van der Waals surface area contributed by atoms with E-state index in [1.807, 2.05) is 30.9 Å². The van der Waals surface area contributed by atoms with Gasteiger partial charge in [0.2, 0.25) is 5.52 Å². The van der Waals surface area contributed by atoms with Crippen LogP contribution in [0.5, 0.6) is 0 Å². The van der Waals surface area contributed by atoms with Gasteiger partial charge in [0.15, 0.2) is 6.20 Å². The number of benzene rings is 2. The zero-order chi connectivity index (χ0) is 16.0. The topological polar surface area (TPSA) is 7.12 Å². The Bertz CT molecular complexity index is 949. The molecule has 0 atom stereocenters. The van der Waals surface area contributed by atoms with Crippen molar-refractivity contribution in [3.63, 3.8) is 0 Å². The quantitative estimate of drug-likeness (QED) is 0.585. The number of hydrogen-bond donors (Lipinski definition) is 0. The van der Waals surface area contributed by atoms with Gasteiger partial charge in [-0.3, -0.25) is 0 Å². The summed E-state index contributed by atoms with van der Waals surface area (Å²) in [6, 6.07) is 16.7. The number of hydrogen-bond acceptors (Lipinski definition) is 2. The van der Waals surface area contributed by atoms with Gasteiger partial charge in [-0.15, -0.1) is 0 Å². The Morgan fingerprint density at radius 3 is 2.78 bits per heavy atom. The molecule has 0 bridgehead atoms. The van der Waals surface area contributed by atoms with Crippen molar-refractivity contribution >= 4 is 46.0 Å². The van der Waals surface area contributed by atoms with Crippen molar-refractivity contribution < 1.29 is 4.57 Å². The summed E-state index contributed by atoms with van der Waals surface area (Å²) in [7, 11) is 4.16. The average Bonchev–Trinajstić information content (AvgIpc) is 2.87. The Hall–Kier alpha value is -1.97. The molecule has 4 heteroatoms. The van der Waals surface area contributed by atoms with Crippen LogP contribution in [0.3, 0.4) is 0 Å². The molecule has 0 radical (unpaired) electrons. The number of para-hydroxylation sites is 1. The van der Waals surface area contributed by atoms with E-state index in [0.717, 1.165) is 10.5 Å². The lowest BCUT2D eigenvalue weighted by Gasteiger charge is -2.13. The molecule has 114 valence electrons. The first-order chi connectivity index (χ1) is 11.1. The van der Waals surface area contributed by atoms with E-state index < -0.39 is 0 Å². The summed E-state index contributed by atoms with van der Waals surface area (Å²) >= 11 is 7.97. The number of anilines is 1. The van der Waals surface area contributed by atoms with E-state index in [4.69, 9.17) is 11.6 Å². The lowest BCUT2D eigenvalue weighted by Crippen LogP contribution is -2.28. The van der Waals surface area contributed by atoms with Crippen LogP contribution in [-0.4, -0.2) is 7.05 Å². The highest BCUT2D eigenvalue weighted by molar-refractivity contribution is 8.03. The van der Waals surface area contributed by atoms with E-state index in [1.165, 1.54) is 26.6 Å². The Kier molecular flexibility index (Phi) is 3.55. The highest BCUT2D eigenvalue weighted by Crippen LogP contribution is 2.45. The lowest BCUT2D eigenvalue weighted by atomic mass is 10.1. The van der Waals surface area contributed by atoms with Crippen LogP contribution in [0.2, 0.25) is 5.02 Å². The molecule has 3 aromatic rings. The highest BCUT2D eigenvalue weighted by atomic mass is 35.5. The van der Waals surface area contributed by atoms with Gasteiger partial charge in [-0.25, -0.2) is 4.57 Å². The molecule has 2 heterocycles. The number of rotatable bonds is 1. The van der Waals surface area contributed by atoms with Gasteiger partial charge in [-0.05, 0) is 35.9 Å². The fraction of sp³-hybridized carbons (Fsp3) is 0.105. The van der Waals surface area contributed by atoms with E-state index in [1.54, 1.807) is 0 Å². The molecule has 0 N–H and O–H groups in total. The third kappa shape index (κ3) is 2.50. The number of aromatic nitrogens is 1. The second-order valence-electron chi connectivity index (χ2n) is 5.65. The summed E-state index contributed by atoms with van der Waals surface area (Å²) in [5.41, 5.74) is 3.60. The van der Waals surface area contributed by atoms with Gasteiger partial charge in [0.1, 0.15) is 7.05 Å². The minimum absolute atomic E-state index is 0.762. The van der Waals surface area contributed by atoms with Crippen molar-refractivity contribution in [3.8, 4) is 0 Å². The van der Waals surface area contributed by atoms with Crippen LogP contribution in [0.4, 0.5) is 5.69 Å². The number of nitrogens with zero attached hydrogens (tertiary/aromatic N) is 2. The van der Waals surface area contributed by atoms with Gasteiger partial charge in [-0.2, -0.15) is 0 Å². The molecule has 1 aliphatic rings. The Morgan fingerprint density at radius 1 is 1.13 bits per heavy atom. The molecule has 0 fully saturated rings. The zero-order valence-electron chi connectivity index (χ0n) is 13.0. The van der Waals surface area contributed by atoms with Crippen molar-refractivity contribution in [3.05, 3.63) is 70.3 Å². The van der Waals surface area contributed by atoms with Gasteiger partial charge in [-0.1, -0.05) is 35.5 Å². The average molecular weight is 340 g/mol. The summed E-state index contributed by atoms with van der Waals surface area (Å²) in [4.78, 5) is 3.55. The normalized spacial score (nSPS) is 15.4. The van der Waals surface area contributed by atoms with Gasteiger partial charge in [0.25, 0.3) is 0 Å². The predicted octanol–water partition coefficient (Wildman–Crippen LogP) is 4.86. The van der Waals surface area contributed by atoms with Crippen LogP contribution in [0.15, 0.2) is 64.7 Å². The van der Waals surface area contributed by atoms with Crippen LogP contribution < -0.4 is 9.47 Å². The SMILES string of the molecule is CN1C(=Cc2cc[n+](C)c3cc(Cl)ccc23)Sc2ccccc21. The summed E-state index contributed by atoms with van der Waals surface area (Å²) in [6.45, 7) is 0. The standard InChI is InChI=1S/C19H16ClN2S/c1-21-10-9-13(15-8-7-14(20)12-17(15)21)11-19-22(2)16-5-3-4-6-18(16)23-19/h3-12H,1-2H3/q+1. The Balaban J connectivity index is 1.84. The molecule has 0 aliphatic carbocycles. The molecule has 1 aromatic heterocycles. The molecule has 0 unspecified atom stereocenters. The number of halogens is 1. The molecule has 0 amide bonds. The molecule has 2 nitrogen and oxygen atoms in total. The zero-order valence-corrected chi connectivity index (χ0v) is 14.5. The van der Waals surface area contributed by atoms with Crippen molar-refractivity contribution in [2.45, 2.75) is 4.90 Å². The second kappa shape index (κ2) is 5.59. The van der Waals surface area contributed by atoms with Crippen molar-refractivity contribution in [1.29, 1.82) is 0 Å². The molecule has 0 saturated carbocycles. The van der Waals surface area contributed by atoms with Crippen molar-refractivity contribution in [2.75, 3.05) is 11.9 Å². The maximum atomic E-state index is 6.16. The second-order valence-corrected chi connectivity index (χ2v) is 7.15. The first-order valence-corrected chi connectivity index (χ1v) is 8.63. The van der Waals surface area contributed by atoms with Gasteiger partial charge < -0.3 is 4.90 Å². The summed E-state index contributed by atoms with van der Waals surface area (Å²) in [5, 5.41) is 3.20. The van der Waals surface area contributed by atoms with E-state index >= 15 is 0 Å². The molecule has 1 aliphatic heterocycles. The molecule has 4 rings (SSSR count). The van der Waals surface area contributed by atoms with Gasteiger partial charge in [0.05, 0.1) is 16.1 Å². The molecular formula is C19H16ClN2S+. The summed E-state index contributed by atoms with van der Waals surface area (Å²) in [6.07, 6.45) is 4.33. The van der Waals surface area contributed by atoms with Crippen LogP contribution >= 0.6 is 23.4 Å². The van der Waals surface area contributed by atoms with Gasteiger partial charge >= 0.3 is 0 Å². The Labute approximate surface area is 145 Å². The molecular weight excluding hydrogens is 324 g/mol. The largest absolute Gasteiger partial charge is 0.338 e. The van der Waals surface area contributed by atoms with Crippen LogP contribution in [0, 0.1) is 0 Å². The van der Waals surface area contributed by atoms with Gasteiger partial charge in [0, 0.05) is 29.1 Å². The third-order valence-corrected chi connectivity index (χ3v) is 5.58. The van der Waals surface area contributed by atoms with Crippen LogP contribution in [0.1, 0.15) is 5.56 Å². The number of aryl methyl sites for hydroxylation is 1. The monoisotopic (exact) mass is 339 g/mol. The van der Waals surface area contributed by atoms with E-state index in [-0.39, 0.29) is 0 Å². The third-order valence-electron chi connectivity index (χ3n) is 4.18. The Morgan fingerprint density at radius 2 is 1.96 bits per heavy atom. The van der Waals surface area contributed by atoms with Crippen LogP contribution in [-0.2, 0) is 7.05 Å². The molecule has 0 spiro atoms. The summed E-state index contributed by atoms with van der Waals surface area (Å²) < 4.78 is 2.10. The highest BCUT2D eigenvalue weighted by Gasteiger charge is 2.21. The lowest BCUT2D eigenvalue weighted by molar-refractivity contribution is -0.644. The fourth-order valence-corrected chi connectivity index (χ4v) is 4.18. The molecule has 0 saturated heterocycles. The molecule has 2 aromatic carbocycles. The first-order valence-electron chi connectivity index (χ1n) is 7.44. The summed E-state index contributed by atoms with van der Waals surface area (Å²) in [5.74, 6) is 0. The fourth-order valence-electron chi connectivity index (χ4n) is 2.91. The van der Waals surface area contributed by atoms with E-state index in [2.05, 4.69) is 65.2 Å². The van der Waals surface area contributed by atoms with E-state index in [9.17, 15) is 0 Å². The minimum Gasteiger partial charge on any atom is -0.338 e. The minimum atomic E-state index is 0.762. The number of thioether (sulfide) groups is 1. The smallest absolute Gasteiger partial charge is 0.214 e. The predicted molar refractivity (Wildman–Crippen MR) is 98.8 cm³/mol. The van der Waals surface area contributed by atoms with Crippen LogP contribution in [0.25, 0.3) is 17.0 Å². The van der Waals surface area contributed by atoms with Crippen molar-refractivity contribution in [2.24, 2.45) is 7.05 Å². The number of pyridine rings is 1. The van der Waals surface area contributed by atoms with Crippen molar-refractivity contribution in [1.82, 2.24) is 0 Å². The number of fused-ring (bicyclic) bond motifs is 2. The maximum absolute atomic E-state index is 6.16.